The van der Waals surface area contributed by atoms with Crippen molar-refractivity contribution < 1.29 is 14.6 Å². The van der Waals surface area contributed by atoms with Crippen LogP contribution in [0.5, 0.6) is 11.5 Å². The summed E-state index contributed by atoms with van der Waals surface area (Å²) in [5.41, 5.74) is 1.32. The lowest BCUT2D eigenvalue weighted by molar-refractivity contribution is 0.103. The third kappa shape index (κ3) is 6.83. The van der Waals surface area contributed by atoms with Crippen LogP contribution in [0.1, 0.15) is 12.8 Å². The van der Waals surface area contributed by atoms with Gasteiger partial charge in [0, 0.05) is 37.1 Å². The van der Waals surface area contributed by atoms with E-state index in [4.69, 9.17) is 9.47 Å². The fourth-order valence-corrected chi connectivity index (χ4v) is 5.26. The lowest BCUT2D eigenvalue weighted by Crippen LogP contribution is -2.46. The van der Waals surface area contributed by atoms with Crippen LogP contribution in [0.25, 0.3) is 0 Å². The van der Waals surface area contributed by atoms with Crippen LogP contribution in [-0.2, 0) is 0 Å². The number of hydrogen-bond acceptors (Lipinski definition) is 6. The molecule has 0 saturated carbocycles. The van der Waals surface area contributed by atoms with E-state index in [1.165, 1.54) is 5.69 Å². The van der Waals surface area contributed by atoms with Gasteiger partial charge in [-0.1, -0.05) is 18.2 Å². The zero-order valence-corrected chi connectivity index (χ0v) is 20.3. The van der Waals surface area contributed by atoms with Crippen LogP contribution in [0.2, 0.25) is 0 Å². The second-order valence-corrected chi connectivity index (χ2v) is 8.93. The molecule has 2 aliphatic heterocycles. The van der Waals surface area contributed by atoms with Gasteiger partial charge in [0.05, 0.1) is 12.0 Å². The minimum atomic E-state index is -0.451. The van der Waals surface area contributed by atoms with Crippen LogP contribution in [0.3, 0.4) is 0 Å². The normalized spacial score (nSPS) is 21.0. The molecule has 4 rings (SSSR count). The molecule has 2 atom stereocenters. The summed E-state index contributed by atoms with van der Waals surface area (Å²) in [6.45, 7) is 5.78. The largest absolute Gasteiger partial charge is 0.497 e. The Balaban J connectivity index is 0.00000171. The van der Waals surface area contributed by atoms with Crippen molar-refractivity contribution in [2.24, 2.45) is 0 Å². The predicted molar refractivity (Wildman–Crippen MR) is 133 cm³/mol. The first kappa shape index (κ1) is 25.9. The maximum atomic E-state index is 10.5. The van der Waals surface area contributed by atoms with Gasteiger partial charge in [-0.25, -0.2) is 0 Å². The number of piperazine rings is 1. The van der Waals surface area contributed by atoms with Gasteiger partial charge in [0.1, 0.15) is 24.2 Å². The van der Waals surface area contributed by atoms with E-state index < -0.39 is 6.10 Å². The highest BCUT2D eigenvalue weighted by molar-refractivity contribution is 8.00. The fourth-order valence-electron chi connectivity index (χ4n) is 3.99. The van der Waals surface area contributed by atoms with Crippen molar-refractivity contribution in [3.63, 3.8) is 0 Å². The molecule has 2 heterocycles. The number of hydrogen-bond donors (Lipinski definition) is 1. The van der Waals surface area contributed by atoms with Crippen LogP contribution < -0.4 is 14.4 Å². The molecule has 0 spiro atoms. The molecule has 1 N–H and O–H groups in total. The summed E-state index contributed by atoms with van der Waals surface area (Å²) in [6, 6.07) is 16.5. The number of ether oxygens (including phenoxy) is 2. The van der Waals surface area contributed by atoms with Crippen molar-refractivity contribution in [3.8, 4) is 11.5 Å². The maximum absolute atomic E-state index is 10.5. The Morgan fingerprint density at radius 1 is 1.06 bits per heavy atom. The Morgan fingerprint density at radius 2 is 1.81 bits per heavy atom. The van der Waals surface area contributed by atoms with Crippen molar-refractivity contribution in [1.82, 2.24) is 4.90 Å². The third-order valence-electron chi connectivity index (χ3n) is 5.72. The molecule has 8 heteroatoms. The number of aliphatic hydroxyl groups excluding tert-OH is 1. The second-order valence-electron chi connectivity index (χ2n) is 7.65. The molecule has 0 radical (unpaired) electrons. The summed E-state index contributed by atoms with van der Waals surface area (Å²) < 4.78 is 11.1. The lowest BCUT2D eigenvalue weighted by atomic mass is 10.1. The van der Waals surface area contributed by atoms with Crippen LogP contribution in [0, 0.1) is 0 Å². The molecular formula is C23H32Cl2N2O3S. The number of fused-ring (bicyclic) bond motifs is 1. The number of anilines is 1. The van der Waals surface area contributed by atoms with Crippen molar-refractivity contribution in [2.75, 3.05) is 51.3 Å². The van der Waals surface area contributed by atoms with Crippen LogP contribution in [0.4, 0.5) is 5.69 Å². The zero-order chi connectivity index (χ0) is 20.1. The molecule has 0 unspecified atom stereocenters. The molecule has 1 saturated heterocycles. The van der Waals surface area contributed by atoms with Gasteiger partial charge in [0.2, 0.25) is 0 Å². The standard InChI is InChI=1S/C23H30N2O3S.2ClH/c1-27-19-9-10-21-23(16-19)29-22(20(26)17-28-21)8-5-11-24-12-14-25(15-13-24)18-6-3-2-4-7-18;;/h2-4,6-7,9-10,16,20,22,26H,5,8,11-15,17H2,1H3;2*1H/t20-,22-;;/m1../s1. The number of halogens is 2. The molecule has 172 valence electrons. The number of aliphatic hydroxyl groups is 1. The summed E-state index contributed by atoms with van der Waals surface area (Å²) in [6.07, 6.45) is 1.61. The lowest BCUT2D eigenvalue weighted by Gasteiger charge is -2.36. The van der Waals surface area contributed by atoms with E-state index in [0.717, 1.165) is 62.0 Å². The van der Waals surface area contributed by atoms with E-state index in [9.17, 15) is 5.11 Å². The Labute approximate surface area is 201 Å². The second kappa shape index (κ2) is 12.7. The summed E-state index contributed by atoms with van der Waals surface area (Å²) in [5.74, 6) is 1.67. The number of benzene rings is 2. The van der Waals surface area contributed by atoms with Gasteiger partial charge in [0.15, 0.2) is 0 Å². The minimum absolute atomic E-state index is 0. The van der Waals surface area contributed by atoms with E-state index in [0.29, 0.717) is 6.61 Å². The molecule has 2 aliphatic rings. The van der Waals surface area contributed by atoms with Gasteiger partial charge < -0.3 is 19.5 Å². The van der Waals surface area contributed by atoms with Crippen molar-refractivity contribution >= 4 is 42.3 Å². The molecule has 0 aromatic heterocycles. The average molecular weight is 487 g/mol. The molecule has 0 amide bonds. The average Bonchev–Trinajstić information content (AvgIpc) is 2.93. The molecule has 1 fully saturated rings. The number of para-hydroxylation sites is 1. The monoisotopic (exact) mass is 486 g/mol. The first-order valence-electron chi connectivity index (χ1n) is 10.4. The van der Waals surface area contributed by atoms with Crippen LogP contribution >= 0.6 is 36.6 Å². The van der Waals surface area contributed by atoms with E-state index >= 15 is 0 Å². The summed E-state index contributed by atoms with van der Waals surface area (Å²) in [4.78, 5) is 6.06. The SMILES string of the molecule is COc1ccc2c(c1)S[C@H](CCCN1CCN(c3ccccc3)CC1)[C@H](O)CO2.Cl.Cl. The first-order chi connectivity index (χ1) is 14.2. The minimum Gasteiger partial charge on any atom is -0.497 e. The Hall–Kier alpha value is -1.31. The maximum Gasteiger partial charge on any atom is 0.133 e. The third-order valence-corrected chi connectivity index (χ3v) is 7.15. The molecular weight excluding hydrogens is 455 g/mol. The predicted octanol–water partition coefficient (Wildman–Crippen LogP) is 4.36. The fraction of sp³-hybridized carbons (Fsp3) is 0.478. The number of nitrogens with zero attached hydrogens (tertiary/aromatic N) is 2. The van der Waals surface area contributed by atoms with E-state index in [-0.39, 0.29) is 30.1 Å². The Kier molecular flexibility index (Phi) is 10.6. The first-order valence-corrected chi connectivity index (χ1v) is 11.3. The molecule has 31 heavy (non-hydrogen) atoms. The van der Waals surface area contributed by atoms with Crippen LogP contribution in [0.15, 0.2) is 53.4 Å². The highest BCUT2D eigenvalue weighted by Crippen LogP contribution is 2.40. The molecule has 2 aromatic carbocycles. The number of rotatable bonds is 6. The van der Waals surface area contributed by atoms with Gasteiger partial charge in [-0.15, -0.1) is 36.6 Å². The van der Waals surface area contributed by atoms with Gasteiger partial charge in [-0.3, -0.25) is 4.90 Å². The zero-order valence-electron chi connectivity index (χ0n) is 17.8. The summed E-state index contributed by atoms with van der Waals surface area (Å²) in [5, 5.41) is 10.7. The Morgan fingerprint density at radius 3 is 2.52 bits per heavy atom. The van der Waals surface area contributed by atoms with Gasteiger partial charge >= 0.3 is 0 Å². The molecule has 0 aliphatic carbocycles. The summed E-state index contributed by atoms with van der Waals surface area (Å²) in [7, 11) is 1.67. The smallest absolute Gasteiger partial charge is 0.133 e. The van der Waals surface area contributed by atoms with Crippen molar-refractivity contribution in [3.05, 3.63) is 48.5 Å². The summed E-state index contributed by atoms with van der Waals surface area (Å²) >= 11 is 1.72. The van der Waals surface area contributed by atoms with Gasteiger partial charge in [-0.2, -0.15) is 0 Å². The number of methoxy groups -OCH3 is 1. The molecule has 0 bridgehead atoms. The van der Waals surface area contributed by atoms with Gasteiger partial charge in [0.25, 0.3) is 0 Å². The Bertz CT molecular complexity index is 792. The highest BCUT2D eigenvalue weighted by Gasteiger charge is 2.27. The highest BCUT2D eigenvalue weighted by atomic mass is 35.5. The van der Waals surface area contributed by atoms with E-state index in [1.807, 2.05) is 18.2 Å². The van der Waals surface area contributed by atoms with E-state index in [2.05, 4.69) is 40.1 Å². The van der Waals surface area contributed by atoms with Crippen molar-refractivity contribution in [1.29, 1.82) is 0 Å². The molecule has 5 nitrogen and oxygen atoms in total. The van der Waals surface area contributed by atoms with E-state index in [1.54, 1.807) is 18.9 Å². The topological polar surface area (TPSA) is 45.2 Å². The van der Waals surface area contributed by atoms with Crippen molar-refractivity contribution in [2.45, 2.75) is 29.1 Å². The molecule has 2 aromatic rings. The van der Waals surface area contributed by atoms with Gasteiger partial charge in [-0.05, 0) is 49.7 Å². The number of thioether (sulfide) groups is 1. The quantitative estimate of drug-likeness (QED) is 0.654. The van der Waals surface area contributed by atoms with Crippen LogP contribution in [-0.4, -0.2) is 67.8 Å².